The summed E-state index contributed by atoms with van der Waals surface area (Å²) in [4.78, 5) is 131. The maximum absolute atomic E-state index is 14.0. The minimum atomic E-state index is -1.50. The van der Waals surface area contributed by atoms with Gasteiger partial charge in [0.25, 0.3) is 0 Å². The van der Waals surface area contributed by atoms with Crippen molar-refractivity contribution < 1.29 is 66.9 Å². The standard InChI is InChI=1S/C48H77N13O14/c1-2-39(63)52-17-9-4-7-16-40(64)54-20-22-72-24-27-75-32-43(67)55-21-23-73-25-26-74-31-42(66)53-18-10-8-14-35-45(69)59-34(15-11-19-56-48(50)51)44(68)57-30-41(65)58-37(29-38(49)62)47(71)61-36(46(70)60-35)28-33-12-5-3-6-13-33/h2-3,5-6,12-13,34-37H,1,4,7-11,14-32H2,(H2,49,62)(H,52,63)(H,53,66)(H,54,64)(H,55,67)(H,57,68)(H,58,65)(H,59,69)(H,60,70)(H,61,71)(H4,50,51,56)/t34-,35-,36+,37-/m0/s1. The molecule has 1 aromatic carbocycles. The molecule has 0 spiro atoms. The smallest absolute Gasteiger partial charge is 0.246 e. The summed E-state index contributed by atoms with van der Waals surface area (Å²) in [5, 5.41) is 23.6. The quantitative estimate of drug-likeness (QED) is 0.0131. The molecule has 0 aliphatic carbocycles. The van der Waals surface area contributed by atoms with E-state index in [2.05, 4.69) is 59.4 Å². The lowest BCUT2D eigenvalue weighted by Crippen LogP contribution is -2.58. The van der Waals surface area contributed by atoms with Crippen LogP contribution < -0.4 is 65.1 Å². The topological polar surface area (TPSA) is 406 Å². The highest BCUT2D eigenvalue weighted by Crippen LogP contribution is 2.09. The molecule has 27 nitrogen and oxygen atoms in total. The van der Waals surface area contributed by atoms with Gasteiger partial charge in [-0.2, -0.15) is 0 Å². The van der Waals surface area contributed by atoms with Gasteiger partial charge < -0.3 is 84.0 Å². The molecule has 75 heavy (non-hydrogen) atoms. The Morgan fingerprint density at radius 1 is 0.587 bits per heavy atom. The molecule has 0 aromatic heterocycles. The Hall–Kier alpha value is -7.23. The third kappa shape index (κ3) is 31.9. The van der Waals surface area contributed by atoms with Crippen LogP contribution in [0.25, 0.3) is 0 Å². The first-order chi connectivity index (χ1) is 36.1. The van der Waals surface area contributed by atoms with Gasteiger partial charge in [-0.3, -0.25) is 52.9 Å². The Balaban J connectivity index is 1.76. The second-order valence-corrected chi connectivity index (χ2v) is 17.0. The minimum Gasteiger partial charge on any atom is -0.377 e. The molecule has 0 unspecified atom stereocenters. The molecule has 1 aliphatic heterocycles. The molecule has 0 saturated carbocycles. The molecule has 1 saturated heterocycles. The zero-order valence-corrected chi connectivity index (χ0v) is 42.6. The Bertz CT molecular complexity index is 2010. The van der Waals surface area contributed by atoms with Gasteiger partial charge in [-0.1, -0.05) is 43.3 Å². The number of nitrogens with one attached hydrogen (secondary N) is 9. The lowest BCUT2D eigenvalue weighted by Gasteiger charge is -2.26. The van der Waals surface area contributed by atoms with Crippen molar-refractivity contribution >= 4 is 65.0 Å². The monoisotopic (exact) mass is 1060 g/mol. The second-order valence-electron chi connectivity index (χ2n) is 17.0. The first-order valence-electron chi connectivity index (χ1n) is 24.9. The Morgan fingerprint density at radius 3 is 1.75 bits per heavy atom. The van der Waals surface area contributed by atoms with Crippen molar-refractivity contribution in [1.29, 1.82) is 0 Å². The van der Waals surface area contributed by atoms with Crippen LogP contribution in [0.2, 0.25) is 0 Å². The molecule has 15 N–H and O–H groups in total. The van der Waals surface area contributed by atoms with Gasteiger partial charge in [0, 0.05) is 45.6 Å². The number of hydrogen-bond acceptors (Lipinski definition) is 15. The summed E-state index contributed by atoms with van der Waals surface area (Å²) >= 11 is 0. The van der Waals surface area contributed by atoms with E-state index < -0.39 is 78.5 Å². The largest absolute Gasteiger partial charge is 0.377 e. The fourth-order valence-electron chi connectivity index (χ4n) is 6.92. The number of unbranched alkanes of at least 4 members (excludes halogenated alkanes) is 3. The van der Waals surface area contributed by atoms with E-state index in [1.807, 2.05) is 0 Å². The highest BCUT2D eigenvalue weighted by Gasteiger charge is 2.33. The van der Waals surface area contributed by atoms with Crippen molar-refractivity contribution in [1.82, 2.24) is 47.9 Å². The van der Waals surface area contributed by atoms with Crippen LogP contribution in [0.1, 0.15) is 69.8 Å². The highest BCUT2D eigenvalue weighted by atomic mass is 16.5. The molecule has 1 fully saturated rings. The molecule has 1 aromatic rings. The van der Waals surface area contributed by atoms with Crippen LogP contribution in [-0.4, -0.2) is 181 Å². The van der Waals surface area contributed by atoms with Crippen LogP contribution in [0.4, 0.5) is 0 Å². The van der Waals surface area contributed by atoms with Crippen molar-refractivity contribution in [3.8, 4) is 0 Å². The van der Waals surface area contributed by atoms with E-state index in [9.17, 15) is 47.9 Å². The van der Waals surface area contributed by atoms with E-state index in [1.54, 1.807) is 30.3 Å². The SMILES string of the molecule is C=CC(=O)NCCCCCC(=O)NCCOCCOCC(=O)NCCOCCOCC(=O)NCCCC[C@@H]1NC(=O)[C@@H](Cc2ccccc2)NC(=O)[C@H](CC(N)=O)NC(=O)CNC(=O)[C@H](CCCN=C(N)N)NC1=O. The van der Waals surface area contributed by atoms with E-state index in [1.165, 1.54) is 6.08 Å². The third-order valence-corrected chi connectivity index (χ3v) is 10.8. The number of guanidine groups is 1. The zero-order valence-electron chi connectivity index (χ0n) is 42.6. The molecular formula is C48H77N13O14. The normalized spacial score (nSPS) is 17.3. The average molecular weight is 1060 g/mol. The Kier molecular flexibility index (Phi) is 33.4. The molecule has 27 heteroatoms. The Morgan fingerprint density at radius 2 is 1.12 bits per heavy atom. The summed E-state index contributed by atoms with van der Waals surface area (Å²) in [7, 11) is 0. The van der Waals surface area contributed by atoms with Crippen molar-refractivity contribution in [3.63, 3.8) is 0 Å². The van der Waals surface area contributed by atoms with Gasteiger partial charge in [0.05, 0.1) is 52.6 Å². The van der Waals surface area contributed by atoms with Gasteiger partial charge in [0.1, 0.15) is 37.4 Å². The molecule has 10 amide bonds. The number of carbonyl (C=O) groups is 10. The van der Waals surface area contributed by atoms with Crippen LogP contribution in [0.15, 0.2) is 48.0 Å². The molecule has 1 heterocycles. The van der Waals surface area contributed by atoms with Crippen LogP contribution in [0.3, 0.4) is 0 Å². The number of primary amides is 1. The minimum absolute atomic E-state index is 0.0304. The maximum Gasteiger partial charge on any atom is 0.246 e. The molecule has 418 valence electrons. The van der Waals surface area contributed by atoms with E-state index in [-0.39, 0.29) is 115 Å². The summed E-state index contributed by atoms with van der Waals surface area (Å²) in [5.74, 6) is -6.15. The van der Waals surface area contributed by atoms with E-state index >= 15 is 0 Å². The van der Waals surface area contributed by atoms with Crippen LogP contribution in [0, 0.1) is 0 Å². The molecule has 2 rings (SSSR count). The summed E-state index contributed by atoms with van der Waals surface area (Å²) in [6.07, 6.45) is 4.21. The van der Waals surface area contributed by atoms with E-state index in [0.29, 0.717) is 50.9 Å². The third-order valence-electron chi connectivity index (χ3n) is 10.8. The summed E-state index contributed by atoms with van der Waals surface area (Å²) < 4.78 is 21.5. The number of rotatable bonds is 36. The van der Waals surface area contributed by atoms with Gasteiger partial charge in [0.2, 0.25) is 59.1 Å². The van der Waals surface area contributed by atoms with Gasteiger partial charge in [-0.05, 0) is 56.6 Å². The number of amides is 10. The molecule has 0 radical (unpaired) electrons. The number of nitrogens with zero attached hydrogens (tertiary/aromatic N) is 1. The summed E-state index contributed by atoms with van der Waals surface area (Å²) in [6.45, 7) is 4.90. The first kappa shape index (κ1) is 63.9. The van der Waals surface area contributed by atoms with Crippen molar-refractivity contribution in [3.05, 3.63) is 48.6 Å². The van der Waals surface area contributed by atoms with Crippen LogP contribution in [0.5, 0.6) is 0 Å². The van der Waals surface area contributed by atoms with Crippen molar-refractivity contribution in [2.24, 2.45) is 22.2 Å². The van der Waals surface area contributed by atoms with Gasteiger partial charge >= 0.3 is 0 Å². The van der Waals surface area contributed by atoms with Crippen LogP contribution in [-0.2, 0) is 73.3 Å². The maximum atomic E-state index is 14.0. The molecule has 1 aliphatic rings. The fourth-order valence-corrected chi connectivity index (χ4v) is 6.92. The molecular weight excluding hydrogens is 983 g/mol. The van der Waals surface area contributed by atoms with Crippen LogP contribution >= 0.6 is 0 Å². The lowest BCUT2D eigenvalue weighted by molar-refractivity contribution is -0.134. The molecule has 0 bridgehead atoms. The number of carbonyl (C=O) groups excluding carboxylic acids is 10. The Labute approximate surface area is 436 Å². The molecule has 4 atom stereocenters. The number of aliphatic imine (C=N–C) groups is 1. The second kappa shape index (κ2) is 39.3. The van der Waals surface area contributed by atoms with Gasteiger partial charge in [-0.15, -0.1) is 0 Å². The zero-order chi connectivity index (χ0) is 55.1. The fraction of sp³-hybridized carbons (Fsp3) is 0.604. The predicted octanol–water partition coefficient (Wildman–Crippen LogP) is -4.33. The predicted molar refractivity (Wildman–Crippen MR) is 272 cm³/mol. The van der Waals surface area contributed by atoms with Gasteiger partial charge in [-0.25, -0.2) is 0 Å². The number of ether oxygens (including phenoxy) is 4. The summed E-state index contributed by atoms with van der Waals surface area (Å²) in [6, 6.07) is 3.43. The van der Waals surface area contributed by atoms with E-state index in [4.69, 9.17) is 36.1 Å². The number of benzene rings is 1. The summed E-state index contributed by atoms with van der Waals surface area (Å²) in [5.41, 5.74) is 16.9. The lowest BCUT2D eigenvalue weighted by atomic mass is 10.0. The number of hydrogen-bond donors (Lipinski definition) is 12. The van der Waals surface area contributed by atoms with Crippen molar-refractivity contribution in [2.45, 2.75) is 94.8 Å². The first-order valence-corrected chi connectivity index (χ1v) is 24.9. The van der Waals surface area contributed by atoms with Crippen molar-refractivity contribution in [2.75, 3.05) is 92.1 Å². The van der Waals surface area contributed by atoms with E-state index in [0.717, 1.165) is 12.8 Å². The average Bonchev–Trinajstić information content (AvgIpc) is 3.37. The van der Waals surface area contributed by atoms with Gasteiger partial charge in [0.15, 0.2) is 5.96 Å². The highest BCUT2D eigenvalue weighted by molar-refractivity contribution is 5.98. The number of nitrogens with two attached hydrogens (primary N) is 3.